The van der Waals surface area contributed by atoms with E-state index in [1.54, 1.807) is 0 Å². The summed E-state index contributed by atoms with van der Waals surface area (Å²) in [6.45, 7) is 0. The first-order valence-corrected chi connectivity index (χ1v) is 13.8. The number of rotatable bonds is 5. The molecule has 200 valence electrons. The van der Waals surface area contributed by atoms with Crippen LogP contribution in [0.15, 0.2) is 146 Å². The lowest BCUT2D eigenvalue weighted by Crippen LogP contribution is -2.74. The van der Waals surface area contributed by atoms with Crippen molar-refractivity contribution in [3.8, 4) is 5.75 Å². The van der Waals surface area contributed by atoms with Gasteiger partial charge in [-0.05, 0) is 47.5 Å². The molecule has 2 aliphatic rings. The van der Waals surface area contributed by atoms with Gasteiger partial charge < -0.3 is 4.74 Å². The minimum absolute atomic E-state index is 0.120. The van der Waals surface area contributed by atoms with Crippen molar-refractivity contribution in [3.63, 3.8) is 0 Å². The van der Waals surface area contributed by atoms with Gasteiger partial charge in [0.1, 0.15) is 11.3 Å². The van der Waals surface area contributed by atoms with Crippen molar-refractivity contribution < 1.29 is 14.3 Å². The predicted octanol–water partition coefficient (Wildman–Crippen LogP) is 7.17. The Morgan fingerprint density at radius 1 is 0.659 bits per heavy atom. The van der Waals surface area contributed by atoms with Crippen LogP contribution in [-0.2, 0) is 10.3 Å². The van der Waals surface area contributed by atoms with Crippen LogP contribution in [-0.4, -0.2) is 17.9 Å². The van der Waals surface area contributed by atoms with Crippen LogP contribution in [0, 0.1) is 0 Å². The van der Waals surface area contributed by atoms with Crippen molar-refractivity contribution in [3.05, 3.63) is 162 Å². The highest BCUT2D eigenvalue weighted by Gasteiger charge is 2.66. The summed E-state index contributed by atoms with van der Waals surface area (Å²) in [4.78, 5) is 32.3. The third-order valence-corrected chi connectivity index (χ3v) is 8.17. The van der Waals surface area contributed by atoms with Crippen LogP contribution in [0.25, 0.3) is 0 Å². The molecule has 0 aromatic heterocycles. The van der Waals surface area contributed by atoms with E-state index in [0.29, 0.717) is 29.1 Å². The fraction of sp³-hybridized carbons (Fsp3) is 0.111. The summed E-state index contributed by atoms with van der Waals surface area (Å²) in [5, 5.41) is 0. The van der Waals surface area contributed by atoms with Gasteiger partial charge in [-0.1, -0.05) is 109 Å². The molecule has 2 heterocycles. The second-order valence-electron chi connectivity index (χ2n) is 10.4. The molecule has 0 N–H and O–H groups in total. The van der Waals surface area contributed by atoms with Crippen LogP contribution in [0.3, 0.4) is 0 Å². The highest BCUT2D eigenvalue weighted by molar-refractivity contribution is 6.14. The number of carbonyl (C=O) groups is 2. The van der Waals surface area contributed by atoms with Crippen molar-refractivity contribution in [1.29, 1.82) is 0 Å². The van der Waals surface area contributed by atoms with Crippen molar-refractivity contribution in [2.45, 2.75) is 24.1 Å². The molecule has 0 bridgehead atoms. The molecule has 1 fully saturated rings. The molecule has 0 aliphatic carbocycles. The normalized spacial score (nSPS) is 21.2. The monoisotopic (exact) mass is 536 g/mol. The van der Waals surface area contributed by atoms with E-state index >= 15 is 0 Å². The largest absolute Gasteiger partial charge is 0.478 e. The van der Waals surface area contributed by atoms with Crippen LogP contribution in [0.2, 0.25) is 0 Å². The first-order chi connectivity index (χ1) is 20.2. The highest BCUT2D eigenvalue weighted by Crippen LogP contribution is 2.57. The predicted molar refractivity (Wildman–Crippen MR) is 160 cm³/mol. The number of benzene rings is 5. The van der Waals surface area contributed by atoms with Crippen LogP contribution in [0.4, 0.5) is 11.4 Å². The Morgan fingerprint density at radius 3 is 1.85 bits per heavy atom. The average Bonchev–Trinajstić information content (AvgIpc) is 3.16. The summed E-state index contributed by atoms with van der Waals surface area (Å²) in [5.74, 6) is 0.378. The second-order valence-corrected chi connectivity index (χ2v) is 10.4. The van der Waals surface area contributed by atoms with Gasteiger partial charge in [0.05, 0.1) is 17.4 Å². The summed E-state index contributed by atoms with van der Waals surface area (Å²) in [6.07, 6.45) is -0.337. The fourth-order valence-electron chi connectivity index (χ4n) is 6.33. The van der Waals surface area contributed by atoms with E-state index in [0.717, 1.165) is 11.1 Å². The maximum Gasteiger partial charge on any atom is 0.271 e. The topological polar surface area (TPSA) is 49.9 Å². The molecule has 5 heteroatoms. The van der Waals surface area contributed by atoms with Gasteiger partial charge in [0, 0.05) is 12.0 Å². The molecule has 2 amide bonds. The van der Waals surface area contributed by atoms with E-state index in [9.17, 15) is 9.59 Å². The summed E-state index contributed by atoms with van der Waals surface area (Å²) < 4.78 is 6.53. The maximum absolute atomic E-state index is 14.4. The molecule has 5 aromatic carbocycles. The molecule has 5 nitrogen and oxygen atoms in total. The van der Waals surface area contributed by atoms with Gasteiger partial charge in [0.25, 0.3) is 11.8 Å². The highest BCUT2D eigenvalue weighted by atomic mass is 16.5. The molecule has 7 rings (SSSR count). The van der Waals surface area contributed by atoms with Crippen LogP contribution < -0.4 is 14.5 Å². The fourth-order valence-corrected chi connectivity index (χ4v) is 6.33. The zero-order chi connectivity index (χ0) is 27.8. The first kappa shape index (κ1) is 24.9. The van der Waals surface area contributed by atoms with Gasteiger partial charge >= 0.3 is 0 Å². The van der Waals surface area contributed by atoms with Crippen LogP contribution in [0.5, 0.6) is 5.75 Å². The Balaban J connectivity index is 1.48. The summed E-state index contributed by atoms with van der Waals surface area (Å²) in [7, 11) is 0. The van der Waals surface area contributed by atoms with Crippen molar-refractivity contribution in [1.82, 2.24) is 0 Å². The summed E-state index contributed by atoms with van der Waals surface area (Å²) in [6, 6.07) is 46.3. The molecular weight excluding hydrogens is 508 g/mol. The van der Waals surface area contributed by atoms with Crippen LogP contribution in [0.1, 0.15) is 33.9 Å². The van der Waals surface area contributed by atoms with Gasteiger partial charge in [-0.2, -0.15) is 0 Å². The van der Waals surface area contributed by atoms with E-state index in [4.69, 9.17) is 4.74 Å². The number of fused-ring (bicyclic) bond motifs is 3. The Labute approximate surface area is 239 Å². The number of anilines is 2. The van der Waals surface area contributed by atoms with Crippen molar-refractivity contribution in [2.24, 2.45) is 0 Å². The molecule has 0 spiro atoms. The molecular formula is C36H28N2O3. The number of nitrogens with zero attached hydrogens (tertiary/aromatic N) is 2. The maximum atomic E-state index is 14.4. The van der Waals surface area contributed by atoms with Gasteiger partial charge in [-0.15, -0.1) is 0 Å². The third-order valence-electron chi connectivity index (χ3n) is 8.17. The van der Waals surface area contributed by atoms with Crippen molar-refractivity contribution in [2.75, 3.05) is 9.80 Å². The molecule has 1 saturated heterocycles. The van der Waals surface area contributed by atoms with Crippen molar-refractivity contribution >= 4 is 23.2 Å². The average molecular weight is 537 g/mol. The minimum Gasteiger partial charge on any atom is -0.478 e. The van der Waals surface area contributed by atoms with E-state index in [1.165, 1.54) is 0 Å². The molecule has 2 aliphatic heterocycles. The molecule has 41 heavy (non-hydrogen) atoms. The summed E-state index contributed by atoms with van der Waals surface area (Å²) in [5.41, 5.74) is 3.06. The zero-order valence-electron chi connectivity index (χ0n) is 22.3. The lowest BCUT2D eigenvalue weighted by Gasteiger charge is -2.56. The summed E-state index contributed by atoms with van der Waals surface area (Å²) >= 11 is 0. The van der Waals surface area contributed by atoms with Gasteiger partial charge in [-0.3, -0.25) is 19.4 Å². The molecule has 5 aromatic rings. The number of hydrogen-bond acceptors (Lipinski definition) is 3. The molecule has 0 saturated carbocycles. The van der Waals surface area contributed by atoms with E-state index in [2.05, 4.69) is 24.3 Å². The third kappa shape index (κ3) is 4.01. The van der Waals surface area contributed by atoms with Gasteiger partial charge in [0.2, 0.25) is 6.10 Å². The molecule has 3 atom stereocenters. The van der Waals surface area contributed by atoms with E-state index in [-0.39, 0.29) is 17.9 Å². The SMILES string of the molecule is O=C(c1ccccc1)N1c2ccccc2N2C(=O)C(Oc3ccccc3)C2(c2ccccc2)CC1c1ccccc1. The zero-order valence-corrected chi connectivity index (χ0v) is 22.3. The van der Waals surface area contributed by atoms with Crippen LogP contribution >= 0.6 is 0 Å². The van der Waals surface area contributed by atoms with E-state index in [1.807, 2.05) is 131 Å². The Bertz CT molecular complexity index is 1690. The number of para-hydroxylation sites is 3. The number of β-lactam (4-membered cyclic amide) rings is 1. The Morgan fingerprint density at radius 2 is 1.20 bits per heavy atom. The quantitative estimate of drug-likeness (QED) is 0.224. The number of ether oxygens (including phenoxy) is 1. The Kier molecular flexibility index (Phi) is 6.12. The van der Waals surface area contributed by atoms with Gasteiger partial charge in [-0.25, -0.2) is 0 Å². The number of carbonyl (C=O) groups excluding carboxylic acids is 2. The van der Waals surface area contributed by atoms with Gasteiger partial charge in [0.15, 0.2) is 0 Å². The number of hydrogen-bond donors (Lipinski definition) is 0. The second kappa shape index (κ2) is 10.1. The standard InChI is InChI=1S/C36H28N2O3/c39-34(27-17-7-2-8-18-27)37-30-23-13-14-24-31(30)38-35(40)33(41-29-21-11-4-12-22-29)36(38,28-19-9-3-10-20-28)25-32(37)26-15-5-1-6-16-26/h1-24,32-33H,25H2. The molecule has 3 unspecified atom stereocenters. The lowest BCUT2D eigenvalue weighted by atomic mass is 9.70. The molecule has 0 radical (unpaired) electrons. The smallest absolute Gasteiger partial charge is 0.271 e. The minimum atomic E-state index is -0.865. The lowest BCUT2D eigenvalue weighted by molar-refractivity contribution is -0.142. The Hall–Kier alpha value is -5.16. The number of amides is 2. The van der Waals surface area contributed by atoms with E-state index < -0.39 is 11.6 Å². The first-order valence-electron chi connectivity index (χ1n) is 13.8.